The van der Waals surface area contributed by atoms with E-state index in [0.717, 1.165) is 10.9 Å². The number of fused-ring (bicyclic) bond motifs is 1. The normalized spacial score (nSPS) is 10.9. The average molecular weight is 351 g/mol. The first kappa shape index (κ1) is 15.7. The van der Waals surface area contributed by atoms with E-state index in [9.17, 15) is 4.79 Å². The number of furan rings is 1. The maximum Gasteiger partial charge on any atom is 0.307 e. The minimum Gasteiger partial charge on any atom is -0.489 e. The van der Waals surface area contributed by atoms with Crippen molar-refractivity contribution in [2.24, 2.45) is 0 Å². The van der Waals surface area contributed by atoms with Gasteiger partial charge in [0.25, 0.3) is 0 Å². The van der Waals surface area contributed by atoms with Crippen molar-refractivity contribution in [1.82, 2.24) is 0 Å². The summed E-state index contributed by atoms with van der Waals surface area (Å²) in [5.41, 5.74) is 2.04. The van der Waals surface area contributed by atoms with Gasteiger partial charge in [-0.25, -0.2) is 0 Å². The van der Waals surface area contributed by atoms with Gasteiger partial charge < -0.3 is 14.3 Å². The summed E-state index contributed by atoms with van der Waals surface area (Å²) in [6, 6.07) is 10.5. The highest BCUT2D eigenvalue weighted by molar-refractivity contribution is 6.35. The number of ether oxygens (including phenoxy) is 1. The van der Waals surface area contributed by atoms with Crippen molar-refractivity contribution in [3.63, 3.8) is 0 Å². The highest BCUT2D eigenvalue weighted by Gasteiger charge is 2.10. The first-order chi connectivity index (χ1) is 11.0. The van der Waals surface area contributed by atoms with Gasteiger partial charge in [0.05, 0.1) is 12.7 Å². The summed E-state index contributed by atoms with van der Waals surface area (Å²) in [6.45, 7) is 0.296. The zero-order valence-electron chi connectivity index (χ0n) is 11.9. The van der Waals surface area contributed by atoms with Crippen molar-refractivity contribution in [2.75, 3.05) is 0 Å². The lowest BCUT2D eigenvalue weighted by Gasteiger charge is -2.08. The molecular formula is C17H12Cl2O4. The molecule has 1 heterocycles. The number of carboxylic acid groups (broad SMARTS) is 1. The fourth-order valence-electron chi connectivity index (χ4n) is 2.25. The molecule has 0 saturated carbocycles. The minimum absolute atomic E-state index is 0.0758. The Labute approximate surface area is 142 Å². The molecule has 2 aromatic carbocycles. The van der Waals surface area contributed by atoms with Crippen LogP contribution in [0.3, 0.4) is 0 Å². The summed E-state index contributed by atoms with van der Waals surface area (Å²) in [5, 5.41) is 10.7. The van der Waals surface area contributed by atoms with E-state index in [2.05, 4.69) is 0 Å². The molecule has 0 atom stereocenters. The number of hydrogen-bond donors (Lipinski definition) is 1. The van der Waals surface area contributed by atoms with Gasteiger partial charge in [0.1, 0.15) is 17.9 Å². The van der Waals surface area contributed by atoms with Crippen LogP contribution in [0.2, 0.25) is 10.0 Å². The van der Waals surface area contributed by atoms with Crippen LogP contribution in [0.15, 0.2) is 47.1 Å². The first-order valence-corrected chi connectivity index (χ1v) is 7.57. The van der Waals surface area contributed by atoms with Gasteiger partial charge in [-0.15, -0.1) is 0 Å². The quantitative estimate of drug-likeness (QED) is 0.707. The van der Waals surface area contributed by atoms with Gasteiger partial charge >= 0.3 is 5.97 Å². The zero-order chi connectivity index (χ0) is 16.4. The van der Waals surface area contributed by atoms with E-state index in [-0.39, 0.29) is 6.42 Å². The molecule has 0 unspecified atom stereocenters. The van der Waals surface area contributed by atoms with Crippen LogP contribution in [0, 0.1) is 0 Å². The van der Waals surface area contributed by atoms with Crippen LogP contribution >= 0.6 is 23.2 Å². The molecule has 0 aliphatic carbocycles. The van der Waals surface area contributed by atoms with Gasteiger partial charge in [-0.05, 0) is 24.3 Å². The van der Waals surface area contributed by atoms with Crippen molar-refractivity contribution in [3.05, 3.63) is 63.8 Å². The van der Waals surface area contributed by atoms with Crippen molar-refractivity contribution in [1.29, 1.82) is 0 Å². The molecule has 0 aliphatic heterocycles. The van der Waals surface area contributed by atoms with Crippen molar-refractivity contribution in [2.45, 2.75) is 13.0 Å². The standard InChI is InChI=1S/C17H12Cl2O4/c18-12-2-1-10(15(19)6-12)8-22-13-3-4-14-11(5-17(20)21)9-23-16(14)7-13/h1-4,6-7,9H,5,8H2,(H,20,21). The van der Waals surface area contributed by atoms with Crippen LogP contribution < -0.4 is 4.74 Å². The third-order valence-electron chi connectivity index (χ3n) is 3.38. The number of carbonyl (C=O) groups is 1. The van der Waals surface area contributed by atoms with Crippen LogP contribution in [0.4, 0.5) is 0 Å². The second-order valence-electron chi connectivity index (χ2n) is 5.01. The summed E-state index contributed by atoms with van der Waals surface area (Å²) in [5.74, 6) is -0.287. The summed E-state index contributed by atoms with van der Waals surface area (Å²) in [6.07, 6.45) is 1.38. The molecule has 23 heavy (non-hydrogen) atoms. The Bertz CT molecular complexity index is 870. The van der Waals surface area contributed by atoms with E-state index in [1.807, 2.05) is 0 Å². The first-order valence-electron chi connectivity index (χ1n) is 6.81. The third-order valence-corrected chi connectivity index (χ3v) is 3.97. The summed E-state index contributed by atoms with van der Waals surface area (Å²) >= 11 is 12.0. The van der Waals surface area contributed by atoms with Gasteiger partial charge in [0.2, 0.25) is 0 Å². The molecule has 3 rings (SSSR count). The topological polar surface area (TPSA) is 59.7 Å². The Kier molecular flexibility index (Phi) is 4.46. The predicted molar refractivity (Wildman–Crippen MR) is 88.3 cm³/mol. The molecule has 0 spiro atoms. The van der Waals surface area contributed by atoms with E-state index in [1.165, 1.54) is 6.26 Å². The molecule has 0 saturated heterocycles. The van der Waals surface area contributed by atoms with Crippen LogP contribution in [-0.2, 0) is 17.8 Å². The van der Waals surface area contributed by atoms with Crippen LogP contribution in [0.1, 0.15) is 11.1 Å². The highest BCUT2D eigenvalue weighted by atomic mass is 35.5. The number of hydrogen-bond acceptors (Lipinski definition) is 3. The Morgan fingerprint density at radius 1 is 1.13 bits per heavy atom. The van der Waals surface area contributed by atoms with E-state index >= 15 is 0 Å². The van der Waals surface area contributed by atoms with Gasteiger partial charge in [0.15, 0.2) is 0 Å². The van der Waals surface area contributed by atoms with E-state index in [1.54, 1.807) is 36.4 Å². The van der Waals surface area contributed by atoms with Gasteiger partial charge in [-0.3, -0.25) is 4.79 Å². The molecule has 0 amide bonds. The molecule has 6 heteroatoms. The smallest absolute Gasteiger partial charge is 0.307 e. The molecule has 0 fully saturated rings. The van der Waals surface area contributed by atoms with Crippen molar-refractivity contribution < 1.29 is 19.1 Å². The lowest BCUT2D eigenvalue weighted by Crippen LogP contribution is -1.99. The van der Waals surface area contributed by atoms with Gasteiger partial charge in [-0.1, -0.05) is 29.3 Å². The van der Waals surface area contributed by atoms with Crippen molar-refractivity contribution in [3.8, 4) is 5.75 Å². The fraction of sp³-hybridized carbons (Fsp3) is 0.118. The molecule has 4 nitrogen and oxygen atoms in total. The van der Waals surface area contributed by atoms with Crippen LogP contribution in [-0.4, -0.2) is 11.1 Å². The lowest BCUT2D eigenvalue weighted by atomic mass is 10.1. The molecule has 0 bridgehead atoms. The molecule has 1 N–H and O–H groups in total. The highest BCUT2D eigenvalue weighted by Crippen LogP contribution is 2.27. The van der Waals surface area contributed by atoms with Crippen LogP contribution in [0.25, 0.3) is 11.0 Å². The average Bonchev–Trinajstić information content (AvgIpc) is 2.88. The monoisotopic (exact) mass is 350 g/mol. The maximum atomic E-state index is 10.8. The van der Waals surface area contributed by atoms with Crippen LogP contribution in [0.5, 0.6) is 5.75 Å². The van der Waals surface area contributed by atoms with Gasteiger partial charge in [0, 0.05) is 32.6 Å². The van der Waals surface area contributed by atoms with E-state index in [4.69, 9.17) is 37.5 Å². The predicted octanol–water partition coefficient (Wildman–Crippen LogP) is 4.95. The minimum atomic E-state index is -0.898. The Hall–Kier alpha value is -2.17. The van der Waals surface area contributed by atoms with E-state index in [0.29, 0.717) is 33.5 Å². The lowest BCUT2D eigenvalue weighted by molar-refractivity contribution is -0.136. The number of aliphatic carboxylic acids is 1. The number of carboxylic acids is 1. The fourth-order valence-corrected chi connectivity index (χ4v) is 2.72. The Morgan fingerprint density at radius 2 is 1.96 bits per heavy atom. The van der Waals surface area contributed by atoms with Crippen molar-refractivity contribution >= 4 is 40.1 Å². The van der Waals surface area contributed by atoms with Gasteiger partial charge in [-0.2, -0.15) is 0 Å². The third kappa shape index (κ3) is 3.60. The maximum absolute atomic E-state index is 10.8. The zero-order valence-corrected chi connectivity index (χ0v) is 13.4. The second kappa shape index (κ2) is 6.52. The molecular weight excluding hydrogens is 339 g/mol. The molecule has 118 valence electrons. The van der Waals surface area contributed by atoms with E-state index < -0.39 is 5.97 Å². The number of benzene rings is 2. The molecule has 0 radical (unpaired) electrons. The summed E-state index contributed by atoms with van der Waals surface area (Å²) < 4.78 is 11.1. The molecule has 3 aromatic rings. The molecule has 0 aliphatic rings. The second-order valence-corrected chi connectivity index (χ2v) is 5.86. The Balaban J connectivity index is 1.77. The molecule has 1 aromatic heterocycles. The summed E-state index contributed by atoms with van der Waals surface area (Å²) in [4.78, 5) is 10.8. The number of rotatable bonds is 5. The Morgan fingerprint density at radius 3 is 2.70 bits per heavy atom. The summed E-state index contributed by atoms with van der Waals surface area (Å²) in [7, 11) is 0. The number of halogens is 2. The SMILES string of the molecule is O=C(O)Cc1coc2cc(OCc3ccc(Cl)cc3Cl)ccc12. The largest absolute Gasteiger partial charge is 0.489 e.